The Morgan fingerprint density at radius 1 is 1.45 bits per heavy atom. The van der Waals surface area contributed by atoms with E-state index in [4.69, 9.17) is 9.47 Å². The van der Waals surface area contributed by atoms with E-state index in [1.165, 1.54) is 0 Å². The van der Waals surface area contributed by atoms with Crippen LogP contribution in [0.1, 0.15) is 20.3 Å². The van der Waals surface area contributed by atoms with Crippen LogP contribution in [0, 0.1) is 5.92 Å². The standard InChI is InChI=1S/C8H14O3/c1-3-10-7-5-6(7)8(9)11-4-2/h6-7H,3-5H2,1-2H3/t6-,7+/m0/s1. The Bertz CT molecular complexity index is 144. The smallest absolute Gasteiger partial charge is 0.311 e. The number of hydrogen-bond donors (Lipinski definition) is 0. The molecule has 1 aliphatic carbocycles. The SMILES string of the molecule is CCOC(=O)[C@H]1C[C@H]1OCC. The average Bonchev–Trinajstić information content (AvgIpc) is 2.69. The average molecular weight is 158 g/mol. The van der Waals surface area contributed by atoms with Gasteiger partial charge in [-0.2, -0.15) is 0 Å². The van der Waals surface area contributed by atoms with Crippen molar-refractivity contribution in [1.82, 2.24) is 0 Å². The largest absolute Gasteiger partial charge is 0.466 e. The molecule has 0 aromatic rings. The first-order valence-electron chi connectivity index (χ1n) is 4.07. The summed E-state index contributed by atoms with van der Waals surface area (Å²) in [6, 6.07) is 0. The highest BCUT2D eigenvalue weighted by Crippen LogP contribution is 2.34. The maximum atomic E-state index is 11.0. The first-order valence-corrected chi connectivity index (χ1v) is 4.07. The van der Waals surface area contributed by atoms with Crippen molar-refractivity contribution in [1.29, 1.82) is 0 Å². The van der Waals surface area contributed by atoms with E-state index in [-0.39, 0.29) is 18.0 Å². The molecular formula is C8H14O3. The van der Waals surface area contributed by atoms with Gasteiger partial charge in [-0.3, -0.25) is 4.79 Å². The molecule has 2 atom stereocenters. The highest BCUT2D eigenvalue weighted by atomic mass is 16.5. The third kappa shape index (κ3) is 2.19. The van der Waals surface area contributed by atoms with Gasteiger partial charge in [0.25, 0.3) is 0 Å². The first-order chi connectivity index (χ1) is 5.29. The highest BCUT2D eigenvalue weighted by Gasteiger charge is 2.45. The molecule has 11 heavy (non-hydrogen) atoms. The van der Waals surface area contributed by atoms with Gasteiger partial charge in [-0.1, -0.05) is 0 Å². The van der Waals surface area contributed by atoms with Crippen LogP contribution in [0.5, 0.6) is 0 Å². The van der Waals surface area contributed by atoms with Crippen LogP contribution in [0.25, 0.3) is 0 Å². The van der Waals surface area contributed by atoms with Gasteiger partial charge < -0.3 is 9.47 Å². The number of carbonyl (C=O) groups excluding carboxylic acids is 1. The number of rotatable bonds is 4. The molecule has 3 heteroatoms. The summed E-state index contributed by atoms with van der Waals surface area (Å²) in [5.74, 6) is -0.0825. The molecule has 0 aromatic heterocycles. The van der Waals surface area contributed by atoms with E-state index in [2.05, 4.69) is 0 Å². The third-order valence-electron chi connectivity index (χ3n) is 1.70. The maximum Gasteiger partial charge on any atom is 0.311 e. The highest BCUT2D eigenvalue weighted by molar-refractivity contribution is 5.76. The van der Waals surface area contributed by atoms with Gasteiger partial charge in [0.1, 0.15) is 0 Å². The molecule has 0 N–H and O–H groups in total. The summed E-state index contributed by atoms with van der Waals surface area (Å²) in [5.41, 5.74) is 0. The Morgan fingerprint density at radius 2 is 2.18 bits per heavy atom. The van der Waals surface area contributed by atoms with E-state index in [9.17, 15) is 4.79 Å². The predicted molar refractivity (Wildman–Crippen MR) is 40.2 cm³/mol. The first kappa shape index (κ1) is 8.53. The number of hydrogen-bond acceptors (Lipinski definition) is 3. The van der Waals surface area contributed by atoms with Crippen LogP contribution in [0.2, 0.25) is 0 Å². The molecule has 64 valence electrons. The van der Waals surface area contributed by atoms with E-state index in [0.29, 0.717) is 13.2 Å². The molecule has 1 aliphatic rings. The van der Waals surface area contributed by atoms with Crippen LogP contribution >= 0.6 is 0 Å². The number of carbonyl (C=O) groups is 1. The van der Waals surface area contributed by atoms with Crippen molar-refractivity contribution in [2.75, 3.05) is 13.2 Å². The molecule has 1 rings (SSSR count). The fraction of sp³-hybridized carbons (Fsp3) is 0.875. The zero-order valence-electron chi connectivity index (χ0n) is 7.00. The Morgan fingerprint density at radius 3 is 2.73 bits per heavy atom. The summed E-state index contributed by atoms with van der Waals surface area (Å²) in [6.07, 6.45) is 0.978. The quantitative estimate of drug-likeness (QED) is 0.572. The third-order valence-corrected chi connectivity index (χ3v) is 1.70. The Kier molecular flexibility index (Phi) is 2.88. The van der Waals surface area contributed by atoms with Gasteiger partial charge in [0, 0.05) is 6.61 Å². The lowest BCUT2D eigenvalue weighted by Gasteiger charge is -1.99. The van der Waals surface area contributed by atoms with Crippen molar-refractivity contribution in [3.8, 4) is 0 Å². The molecular weight excluding hydrogens is 144 g/mol. The molecule has 0 aliphatic heterocycles. The van der Waals surface area contributed by atoms with Gasteiger partial charge in [0.05, 0.1) is 18.6 Å². The lowest BCUT2D eigenvalue weighted by molar-refractivity contribution is -0.145. The minimum absolute atomic E-state index is 0.0231. The van der Waals surface area contributed by atoms with Crippen LogP contribution in [-0.4, -0.2) is 25.3 Å². The van der Waals surface area contributed by atoms with Crippen LogP contribution in [0.3, 0.4) is 0 Å². The second-order valence-electron chi connectivity index (χ2n) is 2.59. The zero-order chi connectivity index (χ0) is 8.27. The van der Waals surface area contributed by atoms with E-state index in [1.807, 2.05) is 13.8 Å². The van der Waals surface area contributed by atoms with Crippen molar-refractivity contribution in [2.24, 2.45) is 5.92 Å². The van der Waals surface area contributed by atoms with Crippen molar-refractivity contribution >= 4 is 5.97 Å². The van der Waals surface area contributed by atoms with Crippen LogP contribution in [0.4, 0.5) is 0 Å². The molecule has 0 saturated heterocycles. The topological polar surface area (TPSA) is 35.5 Å². The normalized spacial score (nSPS) is 28.2. The predicted octanol–water partition coefficient (Wildman–Crippen LogP) is 0.975. The van der Waals surface area contributed by atoms with E-state index < -0.39 is 0 Å². The zero-order valence-corrected chi connectivity index (χ0v) is 7.00. The van der Waals surface area contributed by atoms with Crippen LogP contribution in [0.15, 0.2) is 0 Å². The number of esters is 1. The summed E-state index contributed by atoms with van der Waals surface area (Å²) in [4.78, 5) is 11.0. The molecule has 3 nitrogen and oxygen atoms in total. The minimum atomic E-state index is -0.106. The Hall–Kier alpha value is -0.570. The second kappa shape index (κ2) is 3.72. The van der Waals surface area contributed by atoms with Crippen LogP contribution in [-0.2, 0) is 14.3 Å². The second-order valence-corrected chi connectivity index (χ2v) is 2.59. The molecule has 1 saturated carbocycles. The summed E-state index contributed by atoms with van der Waals surface area (Å²) >= 11 is 0. The van der Waals surface area contributed by atoms with Crippen molar-refractivity contribution < 1.29 is 14.3 Å². The molecule has 0 spiro atoms. The molecule has 0 unspecified atom stereocenters. The van der Waals surface area contributed by atoms with Gasteiger partial charge in [-0.25, -0.2) is 0 Å². The van der Waals surface area contributed by atoms with Crippen LogP contribution < -0.4 is 0 Å². The molecule has 0 heterocycles. The van der Waals surface area contributed by atoms with Crippen molar-refractivity contribution in [3.05, 3.63) is 0 Å². The van der Waals surface area contributed by atoms with E-state index >= 15 is 0 Å². The minimum Gasteiger partial charge on any atom is -0.466 e. The summed E-state index contributed by atoms with van der Waals surface area (Å²) in [6.45, 7) is 4.89. The van der Waals surface area contributed by atoms with Gasteiger partial charge >= 0.3 is 5.97 Å². The molecule has 1 fully saturated rings. The fourth-order valence-electron chi connectivity index (χ4n) is 1.07. The molecule has 0 aromatic carbocycles. The Labute approximate surface area is 66.7 Å². The molecule has 0 radical (unpaired) electrons. The summed E-state index contributed by atoms with van der Waals surface area (Å²) < 4.78 is 10.1. The fourth-order valence-corrected chi connectivity index (χ4v) is 1.07. The summed E-state index contributed by atoms with van der Waals surface area (Å²) in [5, 5.41) is 0. The Balaban J connectivity index is 2.15. The molecule has 0 bridgehead atoms. The van der Waals surface area contributed by atoms with E-state index in [0.717, 1.165) is 6.42 Å². The monoisotopic (exact) mass is 158 g/mol. The number of ether oxygens (including phenoxy) is 2. The maximum absolute atomic E-state index is 11.0. The van der Waals surface area contributed by atoms with Gasteiger partial charge in [0.2, 0.25) is 0 Å². The van der Waals surface area contributed by atoms with Gasteiger partial charge in [-0.05, 0) is 20.3 Å². The lowest BCUT2D eigenvalue weighted by Crippen LogP contribution is -2.10. The lowest BCUT2D eigenvalue weighted by atomic mass is 10.4. The van der Waals surface area contributed by atoms with Gasteiger partial charge in [0.15, 0.2) is 0 Å². The van der Waals surface area contributed by atoms with E-state index in [1.54, 1.807) is 0 Å². The van der Waals surface area contributed by atoms with Crippen molar-refractivity contribution in [3.63, 3.8) is 0 Å². The van der Waals surface area contributed by atoms with Gasteiger partial charge in [-0.15, -0.1) is 0 Å². The van der Waals surface area contributed by atoms with Crippen molar-refractivity contribution in [2.45, 2.75) is 26.4 Å². The summed E-state index contributed by atoms with van der Waals surface area (Å²) in [7, 11) is 0. The molecule has 0 amide bonds.